The molecule has 2 aromatic carbocycles. The molecule has 0 bridgehead atoms. The van der Waals surface area contributed by atoms with Crippen molar-refractivity contribution in [3.63, 3.8) is 0 Å². The first-order valence-electron chi connectivity index (χ1n) is 5.91. The minimum absolute atomic E-state index is 0.926. The highest BCUT2D eigenvalue weighted by Crippen LogP contribution is 2.27. The topological polar surface area (TPSA) is 3.24 Å². The van der Waals surface area contributed by atoms with Crippen molar-refractivity contribution >= 4 is 38.8 Å². The van der Waals surface area contributed by atoms with Gasteiger partial charge in [0, 0.05) is 22.3 Å². The van der Waals surface area contributed by atoms with Crippen LogP contribution in [-0.4, -0.2) is 11.5 Å². The molecule has 2 aromatic rings. The summed E-state index contributed by atoms with van der Waals surface area (Å²) in [6.45, 7) is 0.951. The number of halogens is 1. The van der Waals surface area contributed by atoms with Gasteiger partial charge in [0.25, 0.3) is 0 Å². The van der Waals surface area contributed by atoms with Crippen LogP contribution in [0, 0.1) is 0 Å². The lowest BCUT2D eigenvalue weighted by molar-refractivity contribution is 0.912. The van der Waals surface area contributed by atoms with Crippen molar-refractivity contribution in [2.75, 3.05) is 11.4 Å². The molecule has 1 aliphatic heterocycles. The van der Waals surface area contributed by atoms with Crippen LogP contribution >= 0.6 is 28.1 Å². The van der Waals surface area contributed by atoms with Crippen LogP contribution in [-0.2, 0) is 6.42 Å². The van der Waals surface area contributed by atoms with Gasteiger partial charge in [-0.1, -0.05) is 58.5 Å². The molecule has 0 radical (unpaired) electrons. The number of benzene rings is 2. The van der Waals surface area contributed by atoms with E-state index in [-0.39, 0.29) is 0 Å². The highest BCUT2D eigenvalue weighted by atomic mass is 79.9. The Balaban J connectivity index is 2.00. The Morgan fingerprint density at radius 2 is 1.89 bits per heavy atom. The lowest BCUT2D eigenvalue weighted by Gasteiger charge is -2.31. The van der Waals surface area contributed by atoms with Gasteiger partial charge in [-0.05, 0) is 30.2 Å². The van der Waals surface area contributed by atoms with E-state index in [1.165, 1.54) is 11.1 Å². The summed E-state index contributed by atoms with van der Waals surface area (Å²) in [6, 6.07) is 16.7. The fraction of sp³-hybridized carbons (Fsp3) is 0.133. The van der Waals surface area contributed by atoms with Gasteiger partial charge in [0.15, 0.2) is 0 Å². The first-order valence-corrected chi connectivity index (χ1v) is 7.11. The standard InChI is InChI=1S/C15H12BrNS/c16-12-5-3-6-13(10-12)17-9-8-11-4-1-2-7-14(11)15(17)18/h1-7,10H,8-9H2. The summed E-state index contributed by atoms with van der Waals surface area (Å²) in [5.74, 6) is 0. The first-order chi connectivity index (χ1) is 8.75. The van der Waals surface area contributed by atoms with E-state index in [9.17, 15) is 0 Å². The molecule has 1 nitrogen and oxygen atoms in total. The molecule has 0 atom stereocenters. The lowest BCUT2D eigenvalue weighted by atomic mass is 9.99. The van der Waals surface area contributed by atoms with Gasteiger partial charge in [-0.15, -0.1) is 0 Å². The van der Waals surface area contributed by atoms with Crippen LogP contribution in [0.2, 0.25) is 0 Å². The van der Waals surface area contributed by atoms with Gasteiger partial charge in [-0.2, -0.15) is 0 Å². The minimum atomic E-state index is 0.926. The van der Waals surface area contributed by atoms with Gasteiger partial charge >= 0.3 is 0 Å². The lowest BCUT2D eigenvalue weighted by Crippen LogP contribution is -2.36. The fourth-order valence-electron chi connectivity index (χ4n) is 2.32. The van der Waals surface area contributed by atoms with Crippen LogP contribution in [0.4, 0.5) is 5.69 Å². The van der Waals surface area contributed by atoms with Crippen molar-refractivity contribution in [2.45, 2.75) is 6.42 Å². The third-order valence-corrected chi connectivity index (χ3v) is 4.15. The predicted octanol–water partition coefficient (Wildman–Crippen LogP) is 4.19. The van der Waals surface area contributed by atoms with Gasteiger partial charge in [0.2, 0.25) is 0 Å². The maximum atomic E-state index is 5.62. The third-order valence-electron chi connectivity index (χ3n) is 3.22. The highest BCUT2D eigenvalue weighted by Gasteiger charge is 2.21. The first kappa shape index (κ1) is 11.9. The molecule has 0 aliphatic carbocycles. The number of nitrogens with zero attached hydrogens (tertiary/aromatic N) is 1. The second-order valence-electron chi connectivity index (χ2n) is 4.34. The van der Waals surface area contributed by atoms with Crippen LogP contribution in [0.5, 0.6) is 0 Å². The molecule has 3 rings (SSSR count). The number of hydrogen-bond acceptors (Lipinski definition) is 1. The summed E-state index contributed by atoms with van der Waals surface area (Å²) >= 11 is 9.13. The average molecular weight is 318 g/mol. The summed E-state index contributed by atoms with van der Waals surface area (Å²) < 4.78 is 1.08. The Hall–Kier alpha value is -1.19. The van der Waals surface area contributed by atoms with Crippen molar-refractivity contribution in [1.29, 1.82) is 0 Å². The molecule has 0 fully saturated rings. The Morgan fingerprint density at radius 3 is 2.72 bits per heavy atom. The monoisotopic (exact) mass is 317 g/mol. The molecular weight excluding hydrogens is 306 g/mol. The van der Waals surface area contributed by atoms with E-state index in [0.717, 1.165) is 28.1 Å². The largest absolute Gasteiger partial charge is 0.332 e. The van der Waals surface area contributed by atoms with Crippen LogP contribution in [0.15, 0.2) is 53.0 Å². The molecular formula is C15H12BrNS. The molecule has 1 heterocycles. The summed E-state index contributed by atoms with van der Waals surface area (Å²) in [7, 11) is 0. The van der Waals surface area contributed by atoms with Gasteiger partial charge in [-0.3, -0.25) is 0 Å². The van der Waals surface area contributed by atoms with Gasteiger partial charge in [-0.25, -0.2) is 0 Å². The summed E-state index contributed by atoms with van der Waals surface area (Å²) in [6.07, 6.45) is 1.04. The molecule has 1 aliphatic rings. The Bertz CT molecular complexity index is 609. The van der Waals surface area contributed by atoms with Gasteiger partial charge in [0.05, 0.1) is 0 Å². The van der Waals surface area contributed by atoms with E-state index < -0.39 is 0 Å². The second kappa shape index (κ2) is 4.82. The zero-order valence-electron chi connectivity index (χ0n) is 9.77. The SMILES string of the molecule is S=C1c2ccccc2CCN1c1cccc(Br)c1. The van der Waals surface area contributed by atoms with Crippen LogP contribution in [0.25, 0.3) is 0 Å². The van der Waals surface area contributed by atoms with Gasteiger partial charge in [0.1, 0.15) is 4.99 Å². The third kappa shape index (κ3) is 2.08. The van der Waals surface area contributed by atoms with Crippen molar-refractivity contribution in [1.82, 2.24) is 0 Å². The van der Waals surface area contributed by atoms with Crippen molar-refractivity contribution < 1.29 is 0 Å². The van der Waals surface area contributed by atoms with E-state index in [1.54, 1.807) is 0 Å². The van der Waals surface area contributed by atoms with Crippen molar-refractivity contribution in [2.24, 2.45) is 0 Å². The molecule has 0 N–H and O–H groups in total. The maximum absolute atomic E-state index is 5.62. The van der Waals surface area contributed by atoms with E-state index in [0.29, 0.717) is 0 Å². The van der Waals surface area contributed by atoms with Gasteiger partial charge < -0.3 is 4.90 Å². The number of hydrogen-bond donors (Lipinski definition) is 0. The number of rotatable bonds is 1. The fourth-order valence-corrected chi connectivity index (χ4v) is 3.10. The molecule has 0 amide bonds. The zero-order chi connectivity index (χ0) is 12.5. The normalized spacial score (nSPS) is 14.5. The van der Waals surface area contributed by atoms with E-state index >= 15 is 0 Å². The molecule has 18 heavy (non-hydrogen) atoms. The summed E-state index contributed by atoms with van der Waals surface area (Å²) in [5.41, 5.74) is 3.70. The molecule has 3 heteroatoms. The molecule has 0 saturated heterocycles. The number of thiocarbonyl (C=S) groups is 1. The smallest absolute Gasteiger partial charge is 0.113 e. The molecule has 0 aromatic heterocycles. The van der Waals surface area contributed by atoms with Crippen LogP contribution in [0.3, 0.4) is 0 Å². The Kier molecular flexibility index (Phi) is 3.18. The minimum Gasteiger partial charge on any atom is -0.332 e. The van der Waals surface area contributed by atoms with Crippen LogP contribution < -0.4 is 4.90 Å². The Morgan fingerprint density at radius 1 is 1.06 bits per heavy atom. The predicted molar refractivity (Wildman–Crippen MR) is 83.3 cm³/mol. The average Bonchev–Trinajstić information content (AvgIpc) is 2.39. The van der Waals surface area contributed by atoms with E-state index in [4.69, 9.17) is 12.2 Å². The maximum Gasteiger partial charge on any atom is 0.113 e. The molecule has 0 spiro atoms. The molecule has 90 valence electrons. The number of anilines is 1. The van der Waals surface area contributed by atoms with E-state index in [1.807, 2.05) is 12.1 Å². The molecule has 0 unspecified atom stereocenters. The summed E-state index contributed by atoms with van der Waals surface area (Å²) in [4.78, 5) is 3.14. The number of fused-ring (bicyclic) bond motifs is 1. The quantitative estimate of drug-likeness (QED) is 0.726. The second-order valence-corrected chi connectivity index (χ2v) is 5.65. The summed E-state index contributed by atoms with van der Waals surface area (Å²) in [5, 5.41) is 0. The van der Waals surface area contributed by atoms with Crippen molar-refractivity contribution in [3.8, 4) is 0 Å². The molecule has 0 saturated carbocycles. The highest BCUT2D eigenvalue weighted by molar-refractivity contribution is 9.10. The van der Waals surface area contributed by atoms with Crippen molar-refractivity contribution in [3.05, 3.63) is 64.1 Å². The zero-order valence-corrected chi connectivity index (χ0v) is 12.2. The van der Waals surface area contributed by atoms with Crippen LogP contribution in [0.1, 0.15) is 11.1 Å². The van der Waals surface area contributed by atoms with E-state index in [2.05, 4.69) is 57.2 Å². The Labute approximate surface area is 121 Å².